The van der Waals surface area contributed by atoms with E-state index in [9.17, 15) is 0 Å². The molecule has 0 amide bonds. The molecule has 0 unspecified atom stereocenters. The summed E-state index contributed by atoms with van der Waals surface area (Å²) in [5.41, 5.74) is 2.18. The number of pyridine rings is 2. The average molecular weight is 218 g/mol. The Bertz CT molecular complexity index is 429. The van der Waals surface area contributed by atoms with Crippen LogP contribution in [0, 0.1) is 6.42 Å². The van der Waals surface area contributed by atoms with Crippen LogP contribution in [-0.2, 0) is 6.42 Å². The van der Waals surface area contributed by atoms with Crippen LogP contribution in [0.15, 0.2) is 43.0 Å². The van der Waals surface area contributed by atoms with E-state index in [1.807, 2.05) is 12.1 Å². The van der Waals surface area contributed by atoms with E-state index < -0.39 is 0 Å². The van der Waals surface area contributed by atoms with E-state index in [4.69, 9.17) is 11.6 Å². The maximum absolute atomic E-state index is 6.01. The lowest BCUT2D eigenvalue weighted by Crippen LogP contribution is -1.90. The minimum absolute atomic E-state index is 0.735. The number of hydrogen-bond donors (Lipinski definition) is 0. The van der Waals surface area contributed by atoms with Gasteiger partial charge in [0.2, 0.25) is 0 Å². The van der Waals surface area contributed by atoms with E-state index in [0.717, 1.165) is 17.0 Å². The lowest BCUT2D eigenvalue weighted by atomic mass is 10.1. The highest BCUT2D eigenvalue weighted by Gasteiger charge is 2.00. The van der Waals surface area contributed by atoms with Gasteiger partial charge in [0.1, 0.15) is 0 Å². The number of rotatable bonds is 3. The predicted octanol–water partition coefficient (Wildman–Crippen LogP) is 2.93. The largest absolute Gasteiger partial charge is 0.265 e. The fourth-order valence-corrected chi connectivity index (χ4v) is 1.47. The third-order valence-electron chi connectivity index (χ3n) is 2.10. The lowest BCUT2D eigenvalue weighted by molar-refractivity contribution is 1.13. The van der Waals surface area contributed by atoms with Crippen molar-refractivity contribution >= 4 is 11.6 Å². The second kappa shape index (κ2) is 4.89. The summed E-state index contributed by atoms with van der Waals surface area (Å²) in [6, 6.07) is 5.77. The Morgan fingerprint density at radius 3 is 2.53 bits per heavy atom. The molecule has 2 nitrogen and oxygen atoms in total. The van der Waals surface area contributed by atoms with Gasteiger partial charge in [-0.25, -0.2) is 0 Å². The minimum Gasteiger partial charge on any atom is -0.265 e. The zero-order valence-electron chi connectivity index (χ0n) is 8.10. The highest BCUT2D eigenvalue weighted by molar-refractivity contribution is 6.31. The molecule has 2 aromatic heterocycles. The molecule has 0 bridgehead atoms. The van der Waals surface area contributed by atoms with Crippen molar-refractivity contribution in [2.45, 2.75) is 6.42 Å². The van der Waals surface area contributed by atoms with Gasteiger partial charge in [-0.1, -0.05) is 11.6 Å². The number of hydrogen-bond acceptors (Lipinski definition) is 2. The van der Waals surface area contributed by atoms with Crippen LogP contribution in [0.5, 0.6) is 0 Å². The molecule has 15 heavy (non-hydrogen) atoms. The van der Waals surface area contributed by atoms with Crippen molar-refractivity contribution < 1.29 is 0 Å². The maximum Gasteiger partial charge on any atom is 0.0471 e. The first-order valence-corrected chi connectivity index (χ1v) is 5.05. The Balaban J connectivity index is 2.03. The molecule has 0 atom stereocenters. The SMILES string of the molecule is Clc1ccncc1[CH]Cc1ccncc1. The van der Waals surface area contributed by atoms with E-state index in [1.54, 1.807) is 30.9 Å². The molecule has 2 aromatic rings. The summed E-state index contributed by atoms with van der Waals surface area (Å²) in [4.78, 5) is 8.00. The number of nitrogens with zero attached hydrogens (tertiary/aromatic N) is 2. The molecule has 0 N–H and O–H groups in total. The molecule has 0 saturated carbocycles. The molecule has 0 spiro atoms. The number of halogens is 1. The van der Waals surface area contributed by atoms with Gasteiger partial charge in [-0.2, -0.15) is 0 Å². The second-order valence-electron chi connectivity index (χ2n) is 3.16. The monoisotopic (exact) mass is 217 g/mol. The van der Waals surface area contributed by atoms with Gasteiger partial charge in [0, 0.05) is 29.8 Å². The molecule has 0 aliphatic heterocycles. The highest BCUT2D eigenvalue weighted by atomic mass is 35.5. The summed E-state index contributed by atoms with van der Waals surface area (Å²) in [5, 5.41) is 0.735. The van der Waals surface area contributed by atoms with Crippen molar-refractivity contribution in [3.8, 4) is 0 Å². The van der Waals surface area contributed by atoms with Crippen molar-refractivity contribution in [3.63, 3.8) is 0 Å². The summed E-state index contributed by atoms with van der Waals surface area (Å²) in [6.07, 6.45) is 9.93. The first-order chi connectivity index (χ1) is 7.36. The van der Waals surface area contributed by atoms with Crippen molar-refractivity contribution in [3.05, 3.63) is 65.6 Å². The van der Waals surface area contributed by atoms with E-state index in [2.05, 4.69) is 16.4 Å². The molecule has 0 saturated heterocycles. The first-order valence-electron chi connectivity index (χ1n) is 4.68. The summed E-state index contributed by atoms with van der Waals surface area (Å²) < 4.78 is 0. The molecule has 2 rings (SSSR count). The number of aromatic nitrogens is 2. The van der Waals surface area contributed by atoms with Crippen molar-refractivity contribution in [1.29, 1.82) is 0 Å². The van der Waals surface area contributed by atoms with Crippen LogP contribution in [0.2, 0.25) is 5.02 Å². The molecular weight excluding hydrogens is 208 g/mol. The van der Waals surface area contributed by atoms with E-state index >= 15 is 0 Å². The summed E-state index contributed by atoms with van der Waals surface area (Å²) >= 11 is 6.01. The molecule has 1 radical (unpaired) electrons. The van der Waals surface area contributed by atoms with Crippen LogP contribution in [0.4, 0.5) is 0 Å². The summed E-state index contributed by atoms with van der Waals surface area (Å²) in [6.45, 7) is 0. The van der Waals surface area contributed by atoms with Crippen LogP contribution in [-0.4, -0.2) is 9.97 Å². The molecule has 2 heterocycles. The van der Waals surface area contributed by atoms with Gasteiger partial charge in [-0.15, -0.1) is 0 Å². The summed E-state index contributed by atoms with van der Waals surface area (Å²) in [5.74, 6) is 0. The molecule has 0 fully saturated rings. The van der Waals surface area contributed by atoms with Crippen LogP contribution < -0.4 is 0 Å². The smallest absolute Gasteiger partial charge is 0.0471 e. The topological polar surface area (TPSA) is 25.8 Å². The molecule has 0 aromatic carbocycles. The van der Waals surface area contributed by atoms with Crippen LogP contribution in [0.25, 0.3) is 0 Å². The quantitative estimate of drug-likeness (QED) is 0.790. The Kier molecular flexibility index (Phi) is 3.30. The van der Waals surface area contributed by atoms with Crippen molar-refractivity contribution in [1.82, 2.24) is 9.97 Å². The lowest BCUT2D eigenvalue weighted by Gasteiger charge is -2.02. The Morgan fingerprint density at radius 2 is 1.80 bits per heavy atom. The van der Waals surface area contributed by atoms with Gasteiger partial charge in [-0.05, 0) is 42.2 Å². The van der Waals surface area contributed by atoms with Gasteiger partial charge >= 0.3 is 0 Å². The van der Waals surface area contributed by atoms with Crippen LogP contribution in [0.3, 0.4) is 0 Å². The van der Waals surface area contributed by atoms with Crippen molar-refractivity contribution in [2.75, 3.05) is 0 Å². The van der Waals surface area contributed by atoms with Crippen molar-refractivity contribution in [2.24, 2.45) is 0 Å². The first kappa shape index (κ1) is 10.1. The molecule has 75 valence electrons. The van der Waals surface area contributed by atoms with Crippen LogP contribution in [0.1, 0.15) is 11.1 Å². The highest BCUT2D eigenvalue weighted by Crippen LogP contribution is 2.17. The van der Waals surface area contributed by atoms with Gasteiger partial charge in [0.15, 0.2) is 0 Å². The Hall–Kier alpha value is -1.41. The Morgan fingerprint density at radius 1 is 1.07 bits per heavy atom. The summed E-state index contributed by atoms with van der Waals surface area (Å²) in [7, 11) is 0. The van der Waals surface area contributed by atoms with Gasteiger partial charge in [0.05, 0.1) is 0 Å². The van der Waals surface area contributed by atoms with Gasteiger partial charge < -0.3 is 0 Å². The minimum atomic E-state index is 0.735. The zero-order valence-corrected chi connectivity index (χ0v) is 8.85. The predicted molar refractivity (Wildman–Crippen MR) is 60.6 cm³/mol. The molecular formula is C12H10ClN2. The Labute approximate surface area is 94.0 Å². The van der Waals surface area contributed by atoms with E-state index in [-0.39, 0.29) is 0 Å². The fourth-order valence-electron chi connectivity index (χ4n) is 1.29. The molecule has 0 aliphatic rings. The van der Waals surface area contributed by atoms with E-state index in [1.165, 1.54) is 5.56 Å². The molecule has 0 aliphatic carbocycles. The second-order valence-corrected chi connectivity index (χ2v) is 3.57. The van der Waals surface area contributed by atoms with Crippen LogP contribution >= 0.6 is 11.6 Å². The normalized spacial score (nSPS) is 10.2. The average Bonchev–Trinajstić information content (AvgIpc) is 2.29. The third kappa shape index (κ3) is 2.77. The zero-order chi connectivity index (χ0) is 10.5. The maximum atomic E-state index is 6.01. The van der Waals surface area contributed by atoms with E-state index in [0.29, 0.717) is 0 Å². The van der Waals surface area contributed by atoms with Gasteiger partial charge in [-0.3, -0.25) is 9.97 Å². The fraction of sp³-hybridized carbons (Fsp3) is 0.0833. The standard InChI is InChI=1S/C12H10ClN2/c13-12-5-8-15-9-11(12)2-1-10-3-6-14-7-4-10/h2-9H,1H2. The van der Waals surface area contributed by atoms with Gasteiger partial charge in [0.25, 0.3) is 0 Å². The third-order valence-corrected chi connectivity index (χ3v) is 2.45. The molecule has 3 heteroatoms.